The molecule has 2 aromatic carbocycles. The van der Waals surface area contributed by atoms with Crippen molar-refractivity contribution in [1.82, 2.24) is 5.32 Å². The minimum absolute atomic E-state index is 0.0493. The first-order valence-electron chi connectivity index (χ1n) is 6.13. The molecule has 20 heavy (non-hydrogen) atoms. The van der Waals surface area contributed by atoms with E-state index in [0.717, 1.165) is 0 Å². The zero-order chi connectivity index (χ0) is 14.7. The van der Waals surface area contributed by atoms with Crippen molar-refractivity contribution in [3.05, 3.63) is 65.0 Å². The first-order chi connectivity index (χ1) is 9.49. The van der Waals surface area contributed by atoms with Gasteiger partial charge in [-0.05, 0) is 36.8 Å². The molecule has 2 aromatic rings. The number of hydrogen-bond donors (Lipinski definition) is 2. The highest BCUT2D eigenvalue weighted by Gasteiger charge is 2.15. The summed E-state index contributed by atoms with van der Waals surface area (Å²) in [5, 5.41) is 12.0. The molecular weight excluding hydrogens is 267 g/mol. The number of benzene rings is 2. The first kappa shape index (κ1) is 14.4. The summed E-state index contributed by atoms with van der Waals surface area (Å²) < 4.78 is 40.3. The van der Waals surface area contributed by atoms with Crippen LogP contribution in [0.5, 0.6) is 5.75 Å². The Hall–Kier alpha value is -2.01. The zero-order valence-corrected chi connectivity index (χ0v) is 10.8. The van der Waals surface area contributed by atoms with Crippen LogP contribution in [0.4, 0.5) is 13.2 Å². The van der Waals surface area contributed by atoms with Crippen LogP contribution >= 0.6 is 0 Å². The van der Waals surface area contributed by atoms with Gasteiger partial charge in [0.15, 0.2) is 11.6 Å². The summed E-state index contributed by atoms with van der Waals surface area (Å²) >= 11 is 0. The summed E-state index contributed by atoms with van der Waals surface area (Å²) in [6.45, 7) is 1.85. The van der Waals surface area contributed by atoms with E-state index in [-0.39, 0.29) is 12.1 Å². The molecule has 0 amide bonds. The molecule has 0 aliphatic rings. The van der Waals surface area contributed by atoms with Gasteiger partial charge in [-0.3, -0.25) is 0 Å². The molecule has 0 bridgehead atoms. The summed E-state index contributed by atoms with van der Waals surface area (Å²) in [6.07, 6.45) is 0. The summed E-state index contributed by atoms with van der Waals surface area (Å²) in [5.74, 6) is -2.40. The second-order valence-electron chi connectivity index (χ2n) is 4.52. The van der Waals surface area contributed by atoms with Crippen LogP contribution in [-0.4, -0.2) is 5.11 Å². The van der Waals surface area contributed by atoms with E-state index >= 15 is 0 Å². The van der Waals surface area contributed by atoms with E-state index in [4.69, 9.17) is 5.11 Å². The Labute approximate surface area is 114 Å². The van der Waals surface area contributed by atoms with E-state index in [2.05, 4.69) is 5.32 Å². The molecule has 2 nitrogen and oxygen atoms in total. The Bertz CT molecular complexity index is 596. The lowest BCUT2D eigenvalue weighted by molar-refractivity contribution is 0.431. The lowest BCUT2D eigenvalue weighted by Crippen LogP contribution is -2.20. The van der Waals surface area contributed by atoms with Gasteiger partial charge in [-0.25, -0.2) is 13.2 Å². The number of halogens is 3. The highest BCUT2D eigenvalue weighted by molar-refractivity contribution is 5.28. The average Bonchev–Trinajstić information content (AvgIpc) is 2.40. The molecule has 5 heteroatoms. The zero-order valence-electron chi connectivity index (χ0n) is 10.8. The topological polar surface area (TPSA) is 32.3 Å². The normalized spacial score (nSPS) is 12.4. The predicted molar refractivity (Wildman–Crippen MR) is 69.7 cm³/mol. The van der Waals surface area contributed by atoms with E-state index < -0.39 is 29.2 Å². The average molecular weight is 281 g/mol. The molecule has 1 unspecified atom stereocenters. The van der Waals surface area contributed by atoms with E-state index in [9.17, 15) is 13.2 Å². The van der Waals surface area contributed by atoms with Gasteiger partial charge in [0.05, 0.1) is 0 Å². The molecule has 0 heterocycles. The number of aromatic hydroxyl groups is 1. The van der Waals surface area contributed by atoms with Crippen LogP contribution in [0, 0.1) is 17.5 Å². The van der Waals surface area contributed by atoms with Crippen molar-refractivity contribution in [3.63, 3.8) is 0 Å². The van der Waals surface area contributed by atoms with Gasteiger partial charge in [-0.2, -0.15) is 0 Å². The fourth-order valence-corrected chi connectivity index (χ4v) is 1.96. The number of nitrogens with one attached hydrogen (secondary N) is 1. The molecule has 0 saturated carbocycles. The molecule has 0 aromatic heterocycles. The van der Waals surface area contributed by atoms with Gasteiger partial charge in [-0.15, -0.1) is 0 Å². The fourth-order valence-electron chi connectivity index (χ4n) is 1.96. The minimum Gasteiger partial charge on any atom is -0.505 e. The quantitative estimate of drug-likeness (QED) is 0.896. The summed E-state index contributed by atoms with van der Waals surface area (Å²) in [4.78, 5) is 0. The van der Waals surface area contributed by atoms with Crippen molar-refractivity contribution in [2.24, 2.45) is 0 Å². The van der Waals surface area contributed by atoms with Crippen LogP contribution in [0.1, 0.15) is 24.1 Å². The maximum Gasteiger partial charge on any atom is 0.165 e. The molecular formula is C15H14F3NO. The maximum absolute atomic E-state index is 13.6. The number of hydrogen-bond acceptors (Lipinski definition) is 2. The Morgan fingerprint density at radius 1 is 1.05 bits per heavy atom. The van der Waals surface area contributed by atoms with Gasteiger partial charge >= 0.3 is 0 Å². The summed E-state index contributed by atoms with van der Waals surface area (Å²) in [6, 6.07) is 7.07. The van der Waals surface area contributed by atoms with Gasteiger partial charge in [0.1, 0.15) is 11.6 Å². The predicted octanol–water partition coefficient (Wildman–Crippen LogP) is 3.66. The van der Waals surface area contributed by atoms with Crippen molar-refractivity contribution < 1.29 is 18.3 Å². The van der Waals surface area contributed by atoms with Gasteiger partial charge in [0.2, 0.25) is 0 Å². The number of phenols is 1. The van der Waals surface area contributed by atoms with Crippen molar-refractivity contribution >= 4 is 0 Å². The minimum atomic E-state index is -0.728. The number of rotatable bonds is 4. The largest absolute Gasteiger partial charge is 0.505 e. The van der Waals surface area contributed by atoms with Crippen LogP contribution in [0.15, 0.2) is 36.4 Å². The second-order valence-corrected chi connectivity index (χ2v) is 4.52. The Morgan fingerprint density at radius 3 is 2.30 bits per heavy atom. The Kier molecular flexibility index (Phi) is 4.29. The van der Waals surface area contributed by atoms with Gasteiger partial charge < -0.3 is 10.4 Å². The molecule has 0 fully saturated rings. The molecule has 2 rings (SSSR count). The van der Waals surface area contributed by atoms with Crippen molar-refractivity contribution in [2.45, 2.75) is 19.5 Å². The highest BCUT2D eigenvalue weighted by atomic mass is 19.1. The summed E-state index contributed by atoms with van der Waals surface area (Å²) in [5.41, 5.74) is 0.524. The van der Waals surface area contributed by atoms with Gasteiger partial charge in [-0.1, -0.05) is 12.1 Å². The third-order valence-electron chi connectivity index (χ3n) is 3.06. The van der Waals surface area contributed by atoms with Crippen LogP contribution in [0.25, 0.3) is 0 Å². The molecule has 0 spiro atoms. The van der Waals surface area contributed by atoms with Crippen molar-refractivity contribution in [3.8, 4) is 5.75 Å². The van der Waals surface area contributed by atoms with Gasteiger partial charge in [0.25, 0.3) is 0 Å². The monoisotopic (exact) mass is 281 g/mol. The van der Waals surface area contributed by atoms with Gasteiger partial charge in [0, 0.05) is 18.2 Å². The smallest absolute Gasteiger partial charge is 0.165 e. The van der Waals surface area contributed by atoms with Crippen LogP contribution in [-0.2, 0) is 6.54 Å². The highest BCUT2D eigenvalue weighted by Crippen LogP contribution is 2.21. The van der Waals surface area contributed by atoms with Crippen LogP contribution in [0.2, 0.25) is 0 Å². The van der Waals surface area contributed by atoms with E-state index in [1.807, 2.05) is 0 Å². The van der Waals surface area contributed by atoms with Crippen LogP contribution < -0.4 is 5.32 Å². The molecule has 0 aliphatic carbocycles. The lowest BCUT2D eigenvalue weighted by Gasteiger charge is -2.16. The molecule has 1 atom stereocenters. The van der Waals surface area contributed by atoms with E-state index in [1.54, 1.807) is 6.92 Å². The molecule has 0 radical (unpaired) electrons. The van der Waals surface area contributed by atoms with Crippen molar-refractivity contribution in [1.29, 1.82) is 0 Å². The van der Waals surface area contributed by atoms with Crippen LogP contribution in [0.3, 0.4) is 0 Å². The number of phenolic OH excluding ortho intramolecular Hbond substituents is 1. The third-order valence-corrected chi connectivity index (χ3v) is 3.06. The molecule has 0 saturated heterocycles. The van der Waals surface area contributed by atoms with E-state index in [0.29, 0.717) is 5.56 Å². The van der Waals surface area contributed by atoms with Crippen molar-refractivity contribution in [2.75, 3.05) is 0 Å². The third kappa shape index (κ3) is 3.11. The standard InChI is InChI=1S/C15H14F3NO/c1-9(15-11(16)3-2-4-12(15)17)19-8-10-5-6-14(20)13(18)7-10/h2-7,9,19-20H,8H2,1H3. The van der Waals surface area contributed by atoms with E-state index in [1.165, 1.54) is 36.4 Å². The molecule has 2 N–H and O–H groups in total. The molecule has 0 aliphatic heterocycles. The second kappa shape index (κ2) is 5.96. The Morgan fingerprint density at radius 2 is 1.70 bits per heavy atom. The summed E-state index contributed by atoms with van der Waals surface area (Å²) in [7, 11) is 0. The maximum atomic E-state index is 13.6. The molecule has 106 valence electrons. The lowest BCUT2D eigenvalue weighted by atomic mass is 10.1. The SMILES string of the molecule is CC(NCc1ccc(O)c(F)c1)c1c(F)cccc1F. The fraction of sp³-hybridized carbons (Fsp3) is 0.200. The Balaban J connectivity index is 2.08. The first-order valence-corrected chi connectivity index (χ1v) is 6.13.